The summed E-state index contributed by atoms with van der Waals surface area (Å²) in [6, 6.07) is 5.07. The van der Waals surface area contributed by atoms with Crippen LogP contribution in [0.15, 0.2) is 22.7 Å². The van der Waals surface area contributed by atoms with Crippen molar-refractivity contribution in [3.05, 3.63) is 34.1 Å². The number of likely N-dealkylation sites (N-methyl/N-ethyl adjacent to an activating group) is 2. The van der Waals surface area contributed by atoms with Gasteiger partial charge in [0, 0.05) is 16.1 Å². The van der Waals surface area contributed by atoms with E-state index in [-0.39, 0.29) is 17.4 Å². The number of nitrogens with one attached hydrogen (secondary N) is 1. The second-order valence-corrected chi connectivity index (χ2v) is 6.18. The van der Waals surface area contributed by atoms with Crippen LogP contribution in [0.1, 0.15) is 19.4 Å². The lowest BCUT2D eigenvalue weighted by atomic mass is 9.88. The van der Waals surface area contributed by atoms with Crippen molar-refractivity contribution in [1.82, 2.24) is 10.2 Å². The maximum absolute atomic E-state index is 13.3. The predicted octanol–water partition coefficient (Wildman–Crippen LogP) is 3.06. The molecule has 0 amide bonds. The standard InChI is InChI=1S/C14H22BrFN2/c1-14(2,18(4)5)13(17-3)9-10-8-11(16)6-7-12(10)15/h6-8,13,17H,9H2,1-5H3. The molecule has 1 N–H and O–H groups in total. The summed E-state index contributed by atoms with van der Waals surface area (Å²) in [5.74, 6) is -0.189. The normalized spacial score (nSPS) is 14.0. The molecule has 0 aromatic heterocycles. The van der Waals surface area contributed by atoms with Crippen molar-refractivity contribution >= 4 is 15.9 Å². The topological polar surface area (TPSA) is 15.3 Å². The monoisotopic (exact) mass is 316 g/mol. The lowest BCUT2D eigenvalue weighted by Crippen LogP contribution is -2.55. The van der Waals surface area contributed by atoms with E-state index in [2.05, 4.69) is 54.1 Å². The molecule has 18 heavy (non-hydrogen) atoms. The fraction of sp³-hybridized carbons (Fsp3) is 0.571. The highest BCUT2D eigenvalue weighted by molar-refractivity contribution is 9.10. The molecule has 0 spiro atoms. The van der Waals surface area contributed by atoms with Gasteiger partial charge in [-0.3, -0.25) is 0 Å². The lowest BCUT2D eigenvalue weighted by Gasteiger charge is -2.40. The molecule has 0 saturated carbocycles. The van der Waals surface area contributed by atoms with Crippen LogP contribution in [0.5, 0.6) is 0 Å². The highest BCUT2D eigenvalue weighted by Gasteiger charge is 2.30. The third-order valence-corrected chi connectivity index (χ3v) is 4.56. The van der Waals surface area contributed by atoms with Crippen molar-refractivity contribution in [2.24, 2.45) is 0 Å². The minimum absolute atomic E-state index is 0.0134. The van der Waals surface area contributed by atoms with Gasteiger partial charge in [0.05, 0.1) is 0 Å². The Hall–Kier alpha value is -0.450. The molecule has 1 aromatic carbocycles. The van der Waals surface area contributed by atoms with E-state index in [1.165, 1.54) is 6.07 Å². The third-order valence-electron chi connectivity index (χ3n) is 3.79. The number of halogens is 2. The molecule has 0 bridgehead atoms. The second kappa shape index (κ2) is 6.13. The van der Waals surface area contributed by atoms with Crippen molar-refractivity contribution in [3.8, 4) is 0 Å². The molecular formula is C14H22BrFN2. The second-order valence-electron chi connectivity index (χ2n) is 5.33. The molecule has 0 aliphatic carbocycles. The largest absolute Gasteiger partial charge is 0.315 e. The zero-order valence-electron chi connectivity index (χ0n) is 11.7. The molecule has 1 aromatic rings. The van der Waals surface area contributed by atoms with E-state index in [0.29, 0.717) is 0 Å². The van der Waals surface area contributed by atoms with Crippen LogP contribution < -0.4 is 5.32 Å². The van der Waals surface area contributed by atoms with Crippen LogP contribution in [0.25, 0.3) is 0 Å². The maximum atomic E-state index is 13.3. The fourth-order valence-corrected chi connectivity index (χ4v) is 2.34. The molecular weight excluding hydrogens is 295 g/mol. The Morgan fingerprint density at radius 3 is 2.50 bits per heavy atom. The Morgan fingerprint density at radius 2 is 2.00 bits per heavy atom. The molecule has 4 heteroatoms. The lowest BCUT2D eigenvalue weighted by molar-refractivity contribution is 0.141. The van der Waals surface area contributed by atoms with Gasteiger partial charge >= 0.3 is 0 Å². The minimum atomic E-state index is -0.189. The third kappa shape index (κ3) is 3.53. The SMILES string of the molecule is CNC(Cc1cc(F)ccc1Br)C(C)(C)N(C)C. The first-order valence-corrected chi connectivity index (χ1v) is 6.87. The predicted molar refractivity (Wildman–Crippen MR) is 78.4 cm³/mol. The number of hydrogen-bond acceptors (Lipinski definition) is 2. The van der Waals surface area contributed by atoms with Crippen LogP contribution in [0.4, 0.5) is 4.39 Å². The zero-order valence-corrected chi connectivity index (χ0v) is 13.3. The van der Waals surface area contributed by atoms with Crippen LogP contribution in [0.2, 0.25) is 0 Å². The summed E-state index contributed by atoms with van der Waals surface area (Å²) < 4.78 is 14.3. The van der Waals surface area contributed by atoms with Gasteiger partial charge in [-0.15, -0.1) is 0 Å². The first kappa shape index (κ1) is 15.6. The van der Waals surface area contributed by atoms with E-state index in [1.807, 2.05) is 7.05 Å². The van der Waals surface area contributed by atoms with E-state index < -0.39 is 0 Å². The Bertz CT molecular complexity index is 405. The first-order valence-electron chi connectivity index (χ1n) is 6.07. The van der Waals surface area contributed by atoms with Gasteiger partial charge in [0.2, 0.25) is 0 Å². The van der Waals surface area contributed by atoms with Crippen LogP contribution in [0.3, 0.4) is 0 Å². The average Bonchev–Trinajstić information content (AvgIpc) is 2.29. The Kier molecular flexibility index (Phi) is 5.32. The summed E-state index contributed by atoms with van der Waals surface area (Å²) in [6.07, 6.45) is 0.778. The van der Waals surface area contributed by atoms with E-state index in [0.717, 1.165) is 16.5 Å². The van der Waals surface area contributed by atoms with Gasteiger partial charge in [0.25, 0.3) is 0 Å². The van der Waals surface area contributed by atoms with Gasteiger partial charge in [0.1, 0.15) is 5.82 Å². The van der Waals surface area contributed by atoms with Crippen molar-refractivity contribution in [1.29, 1.82) is 0 Å². The number of rotatable bonds is 5. The van der Waals surface area contributed by atoms with E-state index in [9.17, 15) is 4.39 Å². The van der Waals surface area contributed by atoms with Gasteiger partial charge in [-0.2, -0.15) is 0 Å². The molecule has 0 fully saturated rings. The van der Waals surface area contributed by atoms with Gasteiger partial charge in [0.15, 0.2) is 0 Å². The van der Waals surface area contributed by atoms with Gasteiger partial charge in [-0.25, -0.2) is 4.39 Å². The Labute approximate surface area is 118 Å². The van der Waals surface area contributed by atoms with Crippen molar-refractivity contribution < 1.29 is 4.39 Å². The zero-order chi connectivity index (χ0) is 13.9. The quantitative estimate of drug-likeness (QED) is 0.898. The van der Waals surface area contributed by atoms with Crippen molar-refractivity contribution in [2.45, 2.75) is 31.8 Å². The van der Waals surface area contributed by atoms with E-state index in [4.69, 9.17) is 0 Å². The van der Waals surface area contributed by atoms with Gasteiger partial charge < -0.3 is 10.2 Å². The maximum Gasteiger partial charge on any atom is 0.123 e. The molecule has 1 rings (SSSR count). The summed E-state index contributed by atoms with van der Waals surface area (Å²) in [5.41, 5.74) is 0.977. The number of benzene rings is 1. The summed E-state index contributed by atoms with van der Waals surface area (Å²) in [7, 11) is 6.07. The molecule has 0 aliphatic rings. The molecule has 0 saturated heterocycles. The summed E-state index contributed by atoms with van der Waals surface area (Å²) in [6.45, 7) is 4.36. The van der Waals surface area contributed by atoms with Crippen molar-refractivity contribution in [2.75, 3.05) is 21.1 Å². The molecule has 2 nitrogen and oxygen atoms in total. The van der Waals surface area contributed by atoms with Crippen LogP contribution >= 0.6 is 15.9 Å². The fourth-order valence-electron chi connectivity index (χ4n) is 1.94. The van der Waals surface area contributed by atoms with Gasteiger partial charge in [-0.05, 0) is 65.2 Å². The average molecular weight is 317 g/mol. The van der Waals surface area contributed by atoms with Gasteiger partial charge in [-0.1, -0.05) is 15.9 Å². The minimum Gasteiger partial charge on any atom is -0.315 e. The molecule has 102 valence electrons. The molecule has 0 aliphatic heterocycles. The molecule has 1 atom stereocenters. The number of nitrogens with zero attached hydrogens (tertiary/aromatic N) is 1. The van der Waals surface area contributed by atoms with Crippen molar-refractivity contribution in [3.63, 3.8) is 0 Å². The molecule has 0 radical (unpaired) electrons. The summed E-state index contributed by atoms with van der Waals surface area (Å²) >= 11 is 3.48. The number of hydrogen-bond donors (Lipinski definition) is 1. The van der Waals surface area contributed by atoms with Crippen LogP contribution in [-0.2, 0) is 6.42 Å². The first-order chi connectivity index (χ1) is 8.28. The van der Waals surface area contributed by atoms with E-state index >= 15 is 0 Å². The smallest absolute Gasteiger partial charge is 0.123 e. The summed E-state index contributed by atoms with van der Waals surface area (Å²) in [5, 5.41) is 3.33. The molecule has 0 heterocycles. The highest BCUT2D eigenvalue weighted by atomic mass is 79.9. The molecule has 1 unspecified atom stereocenters. The van der Waals surface area contributed by atoms with Crippen LogP contribution in [0, 0.1) is 5.82 Å². The summed E-state index contributed by atoms with van der Waals surface area (Å²) in [4.78, 5) is 2.18. The van der Waals surface area contributed by atoms with E-state index in [1.54, 1.807) is 12.1 Å². The Balaban J connectivity index is 2.96. The Morgan fingerprint density at radius 1 is 1.39 bits per heavy atom. The highest BCUT2D eigenvalue weighted by Crippen LogP contribution is 2.24. The van der Waals surface area contributed by atoms with Crippen LogP contribution in [-0.4, -0.2) is 37.6 Å².